The highest BCUT2D eigenvalue weighted by Gasteiger charge is 2.28. The Morgan fingerprint density at radius 2 is 1.22 bits per heavy atom. The lowest BCUT2D eigenvalue weighted by Crippen LogP contribution is -2.45. The van der Waals surface area contributed by atoms with Gasteiger partial charge in [-0.15, -0.1) is 0 Å². The molecule has 36 heavy (non-hydrogen) atoms. The number of esters is 2. The number of Topliss-reactive ketones (excluding diaryl/α,β-unsaturated/α-hetero) is 1. The second-order valence-electron chi connectivity index (χ2n) is 10.1. The van der Waals surface area contributed by atoms with E-state index in [4.69, 9.17) is 9.47 Å². The number of amides is 2. The van der Waals surface area contributed by atoms with Crippen molar-refractivity contribution in [1.29, 1.82) is 0 Å². The Hall–Kier alpha value is -2.49. The minimum atomic E-state index is -1.22. The number of hydrogen-bond donors (Lipinski definition) is 3. The molecule has 0 aliphatic heterocycles. The molecule has 2 amide bonds. The first-order valence-corrected chi connectivity index (χ1v) is 13.0. The van der Waals surface area contributed by atoms with Crippen LogP contribution in [-0.4, -0.2) is 66.4 Å². The third-order valence-electron chi connectivity index (χ3n) is 5.01. The van der Waals surface area contributed by atoms with Gasteiger partial charge < -0.3 is 25.4 Å². The SMILES string of the molecule is CC(C)NCCCC[C@H](NC(=O)CCC(=O)NC(CC(=O)OC(C)C)C(=O)OC(C)C)C(=O)C(C)C. The van der Waals surface area contributed by atoms with Crippen molar-refractivity contribution in [3.8, 4) is 0 Å². The van der Waals surface area contributed by atoms with Gasteiger partial charge in [0.1, 0.15) is 6.04 Å². The zero-order valence-electron chi connectivity index (χ0n) is 23.3. The molecule has 10 heteroatoms. The van der Waals surface area contributed by atoms with E-state index < -0.39 is 41.9 Å². The van der Waals surface area contributed by atoms with Gasteiger partial charge in [-0.2, -0.15) is 0 Å². The van der Waals surface area contributed by atoms with Crippen LogP contribution in [0.15, 0.2) is 0 Å². The summed E-state index contributed by atoms with van der Waals surface area (Å²) in [6.45, 7) is 15.2. The molecule has 0 saturated carbocycles. The molecule has 1 unspecified atom stereocenters. The Morgan fingerprint density at radius 1 is 0.694 bits per heavy atom. The number of carbonyl (C=O) groups is 5. The van der Waals surface area contributed by atoms with E-state index in [-0.39, 0.29) is 37.1 Å². The van der Waals surface area contributed by atoms with E-state index in [1.165, 1.54) is 0 Å². The topological polar surface area (TPSA) is 140 Å². The molecule has 0 saturated heterocycles. The lowest BCUT2D eigenvalue weighted by molar-refractivity contribution is -0.157. The van der Waals surface area contributed by atoms with Gasteiger partial charge in [0, 0.05) is 24.8 Å². The molecule has 0 aromatic heterocycles. The van der Waals surface area contributed by atoms with Crippen LogP contribution < -0.4 is 16.0 Å². The van der Waals surface area contributed by atoms with Gasteiger partial charge in [0.25, 0.3) is 0 Å². The summed E-state index contributed by atoms with van der Waals surface area (Å²) in [6.07, 6.45) is 0.629. The van der Waals surface area contributed by atoms with E-state index >= 15 is 0 Å². The van der Waals surface area contributed by atoms with E-state index in [0.29, 0.717) is 12.5 Å². The molecule has 0 heterocycles. The van der Waals surface area contributed by atoms with Gasteiger partial charge in [0.2, 0.25) is 11.8 Å². The second-order valence-corrected chi connectivity index (χ2v) is 10.1. The molecule has 2 atom stereocenters. The highest BCUT2D eigenvalue weighted by Crippen LogP contribution is 2.09. The maximum atomic E-state index is 12.6. The summed E-state index contributed by atoms with van der Waals surface area (Å²) in [5.41, 5.74) is 0. The van der Waals surface area contributed by atoms with Crippen LogP contribution in [0.2, 0.25) is 0 Å². The molecule has 0 fully saturated rings. The number of rotatable bonds is 18. The van der Waals surface area contributed by atoms with Crippen LogP contribution >= 0.6 is 0 Å². The molecule has 3 N–H and O–H groups in total. The fraction of sp³-hybridized carbons (Fsp3) is 0.808. The van der Waals surface area contributed by atoms with Crippen LogP contribution in [0, 0.1) is 5.92 Å². The summed E-state index contributed by atoms with van der Waals surface area (Å²) in [6, 6.07) is -1.44. The molecule has 0 rings (SSSR count). The standard InChI is InChI=1S/C26H47N3O7/c1-16(2)25(33)20(11-9-10-14-27-17(3)4)28-22(30)12-13-23(31)29-21(26(34)36-19(7)8)15-24(32)35-18(5)6/h16-21,27H,9-15H2,1-8H3,(H,28,30)(H,29,31)/t20-,21?/m0/s1. The number of nitrogens with one attached hydrogen (secondary N) is 3. The van der Waals surface area contributed by atoms with Crippen molar-refractivity contribution < 1.29 is 33.4 Å². The fourth-order valence-electron chi connectivity index (χ4n) is 3.30. The van der Waals surface area contributed by atoms with Crippen molar-refractivity contribution in [3.05, 3.63) is 0 Å². The first-order valence-electron chi connectivity index (χ1n) is 13.0. The molecular weight excluding hydrogens is 466 g/mol. The van der Waals surface area contributed by atoms with Crippen molar-refractivity contribution in [2.45, 2.75) is 124 Å². The highest BCUT2D eigenvalue weighted by molar-refractivity contribution is 5.92. The third-order valence-corrected chi connectivity index (χ3v) is 5.01. The van der Waals surface area contributed by atoms with Crippen LogP contribution in [0.1, 0.15) is 93.9 Å². The quantitative estimate of drug-likeness (QED) is 0.188. The van der Waals surface area contributed by atoms with Gasteiger partial charge >= 0.3 is 11.9 Å². The lowest BCUT2D eigenvalue weighted by atomic mass is 9.97. The van der Waals surface area contributed by atoms with Crippen LogP contribution in [0.4, 0.5) is 0 Å². The van der Waals surface area contributed by atoms with Crippen molar-refractivity contribution >= 4 is 29.5 Å². The molecule has 0 aromatic rings. The van der Waals surface area contributed by atoms with E-state index in [9.17, 15) is 24.0 Å². The number of ether oxygens (including phenoxy) is 2. The average molecular weight is 514 g/mol. The Kier molecular flexibility index (Phi) is 16.6. The predicted molar refractivity (Wildman–Crippen MR) is 137 cm³/mol. The number of unbranched alkanes of at least 4 members (excludes halogenated alkanes) is 1. The van der Waals surface area contributed by atoms with Gasteiger partial charge in [0.05, 0.1) is 24.7 Å². The van der Waals surface area contributed by atoms with E-state index in [2.05, 4.69) is 29.8 Å². The van der Waals surface area contributed by atoms with Crippen molar-refractivity contribution in [2.24, 2.45) is 5.92 Å². The number of hydrogen-bond acceptors (Lipinski definition) is 8. The molecular formula is C26H47N3O7. The summed E-state index contributed by atoms with van der Waals surface area (Å²) < 4.78 is 10.2. The normalized spacial score (nSPS) is 13.0. The second kappa shape index (κ2) is 17.9. The summed E-state index contributed by atoms with van der Waals surface area (Å²) >= 11 is 0. The van der Waals surface area contributed by atoms with Gasteiger partial charge in [0.15, 0.2) is 5.78 Å². The fourth-order valence-corrected chi connectivity index (χ4v) is 3.30. The molecule has 0 bridgehead atoms. The minimum Gasteiger partial charge on any atom is -0.463 e. The van der Waals surface area contributed by atoms with Crippen LogP contribution in [0.25, 0.3) is 0 Å². The van der Waals surface area contributed by atoms with Crippen molar-refractivity contribution in [2.75, 3.05) is 6.54 Å². The van der Waals surface area contributed by atoms with Crippen molar-refractivity contribution in [1.82, 2.24) is 16.0 Å². The summed E-state index contributed by atoms with van der Waals surface area (Å²) in [7, 11) is 0. The van der Waals surface area contributed by atoms with Crippen molar-refractivity contribution in [3.63, 3.8) is 0 Å². The highest BCUT2D eigenvalue weighted by atomic mass is 16.6. The van der Waals surface area contributed by atoms with Gasteiger partial charge in [-0.05, 0) is 53.5 Å². The first-order chi connectivity index (χ1) is 16.7. The smallest absolute Gasteiger partial charge is 0.329 e. The summed E-state index contributed by atoms with van der Waals surface area (Å²) in [5, 5.41) is 8.54. The Morgan fingerprint density at radius 3 is 1.69 bits per heavy atom. The lowest BCUT2D eigenvalue weighted by Gasteiger charge is -2.21. The molecule has 0 aliphatic rings. The number of ketones is 1. The Bertz CT molecular complexity index is 720. The summed E-state index contributed by atoms with van der Waals surface area (Å²) in [4.78, 5) is 61.9. The zero-order chi connectivity index (χ0) is 27.8. The summed E-state index contributed by atoms with van der Waals surface area (Å²) in [5.74, 6) is -2.69. The zero-order valence-corrected chi connectivity index (χ0v) is 23.3. The van der Waals surface area contributed by atoms with Crippen LogP contribution in [0.3, 0.4) is 0 Å². The maximum Gasteiger partial charge on any atom is 0.329 e. The maximum absolute atomic E-state index is 12.6. The average Bonchev–Trinajstić information content (AvgIpc) is 2.74. The largest absolute Gasteiger partial charge is 0.463 e. The van der Waals surface area contributed by atoms with E-state index in [0.717, 1.165) is 19.4 Å². The predicted octanol–water partition coefficient (Wildman–Crippen LogP) is 2.42. The van der Waals surface area contributed by atoms with Gasteiger partial charge in [-0.25, -0.2) is 4.79 Å². The molecule has 208 valence electrons. The third kappa shape index (κ3) is 16.2. The molecule has 0 aliphatic carbocycles. The molecule has 10 nitrogen and oxygen atoms in total. The van der Waals surface area contributed by atoms with E-state index in [1.54, 1.807) is 41.5 Å². The van der Waals surface area contributed by atoms with Crippen LogP contribution in [-0.2, 0) is 33.4 Å². The first kappa shape index (κ1) is 33.5. The number of carbonyl (C=O) groups excluding carboxylic acids is 5. The van der Waals surface area contributed by atoms with Gasteiger partial charge in [-0.1, -0.05) is 27.7 Å². The molecule has 0 aromatic carbocycles. The molecule has 0 radical (unpaired) electrons. The molecule has 0 spiro atoms. The van der Waals surface area contributed by atoms with Gasteiger partial charge in [-0.3, -0.25) is 19.2 Å². The van der Waals surface area contributed by atoms with Crippen LogP contribution in [0.5, 0.6) is 0 Å². The minimum absolute atomic E-state index is 0.0511. The monoisotopic (exact) mass is 513 g/mol. The Balaban J connectivity index is 4.90. The van der Waals surface area contributed by atoms with E-state index in [1.807, 2.05) is 0 Å². The Labute approximate surface area is 216 Å².